The van der Waals surface area contributed by atoms with Gasteiger partial charge in [-0.05, 0) is 99.7 Å². The molecule has 12 atom stereocenters. The first-order valence-electron chi connectivity index (χ1n) is 39.2. The van der Waals surface area contributed by atoms with Crippen molar-refractivity contribution in [3.05, 3.63) is 95.6 Å². The zero-order valence-electron chi connectivity index (χ0n) is 66.6. The highest BCUT2D eigenvalue weighted by Gasteiger charge is 2.43. The summed E-state index contributed by atoms with van der Waals surface area (Å²) in [5, 5.41) is 46.9. The molecule has 23 N–H and O–H groups in total. The van der Waals surface area contributed by atoms with Gasteiger partial charge in [-0.2, -0.15) is 11.8 Å². The van der Waals surface area contributed by atoms with E-state index in [9.17, 15) is 96.2 Å². The third-order valence-corrected chi connectivity index (χ3v) is 20.8. The fourth-order valence-electron chi connectivity index (χ4n) is 12.6. The molecule has 3 aliphatic heterocycles. The van der Waals surface area contributed by atoms with Crippen molar-refractivity contribution in [1.82, 2.24) is 74.4 Å². The van der Waals surface area contributed by atoms with Crippen LogP contribution in [0.2, 0.25) is 0 Å². The van der Waals surface area contributed by atoms with Crippen LogP contribution in [0.1, 0.15) is 114 Å². The summed E-state index contributed by atoms with van der Waals surface area (Å²) in [5.74, 6) is -12.9. The molecule has 0 unspecified atom stereocenters. The second-order valence-electron chi connectivity index (χ2n) is 28.7. The van der Waals surface area contributed by atoms with Gasteiger partial charge in [-0.15, -0.1) is 0 Å². The summed E-state index contributed by atoms with van der Waals surface area (Å²) >= 11 is 1.86. The summed E-state index contributed by atoms with van der Waals surface area (Å²) in [6.07, 6.45) is 1.23. The maximum atomic E-state index is 14.8. The molecule has 0 saturated carbocycles. The average Bonchev–Trinajstić information content (AvgIpc) is 1.66. The van der Waals surface area contributed by atoms with E-state index in [-0.39, 0.29) is 120 Å². The summed E-state index contributed by atoms with van der Waals surface area (Å²) in [6.45, 7) is 2.24. The summed E-state index contributed by atoms with van der Waals surface area (Å²) in [4.78, 5) is 233. The monoisotopic (exact) mass is 1720 g/mol. The molecular formula is C76H110N17O25PS. The Balaban J connectivity index is 0.992. The number of nitrogens with one attached hydrogen (secondary N) is 14. The Labute approximate surface area is 696 Å². The molecule has 0 aliphatic carbocycles. The molecule has 3 aromatic rings. The number of amides is 17. The average molecular weight is 1720 g/mol. The van der Waals surface area contributed by atoms with Crippen LogP contribution in [0.25, 0.3) is 0 Å². The standard InChI is InChI=1S/C76H110N17O25PS/c1-44-68(102)83-45(2)69(103)88-54(39-48-18-22-50(23-19-48)118-119(111,112)113)72(106)86-52(24-26-60(77)95)71(105)91-57(40-61(78)96)75(109)90-56(38-47-16-20-49(94)21-17-47)74(108)89-55(37-46-11-5-3-6-12-46)73(107)87-53(70(104)84-44)25-27-63(98)81-29-31-114-33-35-116-41-64(99)82-30-32-115-34-36-117-42-65(100)85-51(67(79)101)13-9-10-28-80-62(97)15-8-4-7-14-59-66-58(43-120-59)92-76(110)93-66/h3,5-6,11-12,16-23,44-45,51-59,66,94H,4,7-10,13-15,24-43H2,1-2H3,(H2,77,95)(H2,78,96)(H2,79,101)(H,80,97)(H,81,98)(H,82,99)(H,83,102)(H,84,104)(H,85,100)(H,86,106)(H,87,107)(H,88,103)(H,89,108)(H,90,109)(H,91,105)(H2,92,93,110)(H2,111,112,113)/t44-,45-,51-,52-,53-,54-,55-,56-,57-,58-,59-,66-/m0/s1. The lowest BCUT2D eigenvalue weighted by molar-refractivity contribution is -0.137. The third kappa shape index (κ3) is 37.5. The predicted molar refractivity (Wildman–Crippen MR) is 429 cm³/mol. The van der Waals surface area contributed by atoms with Crippen molar-refractivity contribution in [3.63, 3.8) is 0 Å². The molecule has 3 aliphatic rings. The molecule has 3 aromatic carbocycles. The Morgan fingerprint density at radius 3 is 1.50 bits per heavy atom. The summed E-state index contributed by atoms with van der Waals surface area (Å²) in [6, 6.07) is 4.13. The number of fused-ring (bicyclic) bond motifs is 1. The number of phenols is 1. The molecule has 120 heavy (non-hydrogen) atoms. The minimum Gasteiger partial charge on any atom is -0.508 e. The van der Waals surface area contributed by atoms with Gasteiger partial charge in [0.2, 0.25) is 88.6 Å². The zero-order chi connectivity index (χ0) is 87.7. The maximum Gasteiger partial charge on any atom is 0.524 e. The molecule has 660 valence electrons. The molecule has 42 nitrogen and oxygen atoms in total. The second kappa shape index (κ2) is 51.4. The van der Waals surface area contributed by atoms with Gasteiger partial charge in [0.15, 0.2) is 0 Å². The van der Waals surface area contributed by atoms with Gasteiger partial charge < -0.3 is 120 Å². The molecule has 3 saturated heterocycles. The number of urea groups is 1. The van der Waals surface area contributed by atoms with Crippen molar-refractivity contribution in [3.8, 4) is 11.5 Å². The van der Waals surface area contributed by atoms with Gasteiger partial charge in [0, 0.05) is 69.2 Å². The number of hydrogen-bond acceptors (Lipinski definition) is 24. The van der Waals surface area contributed by atoms with Gasteiger partial charge in [-0.3, -0.25) is 81.7 Å². The number of carbonyl (C=O) groups excluding carboxylic acids is 16. The quantitative estimate of drug-likeness (QED) is 0.0144. The molecule has 17 amide bonds. The number of thioether (sulfide) groups is 1. The van der Waals surface area contributed by atoms with Crippen LogP contribution in [0.3, 0.4) is 0 Å². The number of nitrogens with two attached hydrogens (primary N) is 3. The number of phosphoric acid groups is 1. The van der Waals surface area contributed by atoms with Crippen LogP contribution in [0, 0.1) is 0 Å². The van der Waals surface area contributed by atoms with E-state index in [1.165, 1.54) is 50.2 Å². The van der Waals surface area contributed by atoms with E-state index in [0.29, 0.717) is 42.2 Å². The fourth-order valence-corrected chi connectivity index (χ4v) is 14.5. The first kappa shape index (κ1) is 97.7. The number of aromatic hydroxyl groups is 1. The molecule has 3 heterocycles. The number of benzene rings is 3. The zero-order valence-corrected chi connectivity index (χ0v) is 68.4. The first-order chi connectivity index (χ1) is 57.2. The van der Waals surface area contributed by atoms with Crippen LogP contribution in [0.4, 0.5) is 4.79 Å². The van der Waals surface area contributed by atoms with Crippen molar-refractivity contribution < 1.29 is 120 Å². The number of rotatable bonds is 45. The normalized spacial score (nSPS) is 21.7. The van der Waals surface area contributed by atoms with Gasteiger partial charge in [-0.25, -0.2) is 9.36 Å². The highest BCUT2D eigenvalue weighted by molar-refractivity contribution is 8.00. The van der Waals surface area contributed by atoms with Crippen LogP contribution in [-0.2, 0) is 115 Å². The topological polar surface area (TPSA) is 644 Å². The highest BCUT2D eigenvalue weighted by Crippen LogP contribution is 2.37. The molecule has 0 aromatic heterocycles. The Morgan fingerprint density at radius 2 is 0.933 bits per heavy atom. The number of hydrogen-bond donors (Lipinski definition) is 20. The lowest BCUT2D eigenvalue weighted by Crippen LogP contribution is -2.62. The van der Waals surface area contributed by atoms with E-state index in [1.807, 2.05) is 11.8 Å². The predicted octanol–water partition coefficient (Wildman–Crippen LogP) is -4.58. The van der Waals surface area contributed by atoms with E-state index < -0.39 is 190 Å². The van der Waals surface area contributed by atoms with Gasteiger partial charge in [0.1, 0.15) is 79.1 Å². The molecule has 6 rings (SSSR count). The Bertz CT molecular complexity index is 4020. The van der Waals surface area contributed by atoms with E-state index >= 15 is 0 Å². The van der Waals surface area contributed by atoms with E-state index in [1.54, 1.807) is 30.3 Å². The van der Waals surface area contributed by atoms with Gasteiger partial charge in [0.25, 0.3) is 0 Å². The number of phosphoric ester groups is 1. The fraction of sp³-hybridized carbons (Fsp3) is 0.553. The maximum absolute atomic E-state index is 14.8. The molecule has 3 fully saturated rings. The largest absolute Gasteiger partial charge is 0.524 e. The van der Waals surface area contributed by atoms with E-state index in [0.717, 1.165) is 43.6 Å². The molecule has 0 bridgehead atoms. The lowest BCUT2D eigenvalue weighted by atomic mass is 10.0. The SMILES string of the molecule is C[C@@H]1NC(=O)[C@H](C)NC(=O)[C@H](CCC(=O)NCCOCCOCC(=O)NCCOCCOCC(=O)N[C@@H](CCCCNC(=O)CCCCC[C@@H]2SC[C@@H]3NC(=O)N[C@@H]32)C(N)=O)NC(=O)[C@H](Cc2ccccc2)NC(=O)[C@H](Cc2ccc(O)cc2)NC(=O)[C@H](CC(N)=O)NC(=O)[C@H](CCC(N)=O)NC(=O)[C@H](Cc2ccc(OP(=O)(O)O)cc2)NC1=O. The van der Waals surface area contributed by atoms with Crippen LogP contribution < -0.4 is 96.2 Å². The summed E-state index contributed by atoms with van der Waals surface area (Å²) in [7, 11) is -5.03. The minimum absolute atomic E-state index is 0.0132. The van der Waals surface area contributed by atoms with E-state index in [4.69, 9.17) is 36.1 Å². The van der Waals surface area contributed by atoms with Crippen LogP contribution in [-0.4, -0.2) is 259 Å². The van der Waals surface area contributed by atoms with Crippen LogP contribution >= 0.6 is 19.6 Å². The van der Waals surface area contributed by atoms with Crippen LogP contribution in [0.15, 0.2) is 78.9 Å². The molecular weight excluding hydrogens is 1610 g/mol. The van der Waals surface area contributed by atoms with Crippen molar-refractivity contribution in [1.29, 1.82) is 0 Å². The summed E-state index contributed by atoms with van der Waals surface area (Å²) in [5.41, 5.74) is 17.5. The number of primary amides is 3. The third-order valence-electron chi connectivity index (χ3n) is 18.9. The van der Waals surface area contributed by atoms with Crippen molar-refractivity contribution in [2.75, 3.05) is 78.2 Å². The van der Waals surface area contributed by atoms with Crippen molar-refractivity contribution in [2.24, 2.45) is 17.2 Å². The van der Waals surface area contributed by atoms with Gasteiger partial charge >= 0.3 is 13.9 Å². The first-order valence-corrected chi connectivity index (χ1v) is 41.8. The Hall–Kier alpha value is -11.1. The van der Waals surface area contributed by atoms with Crippen LogP contribution in [0.5, 0.6) is 11.5 Å². The number of unbranched alkanes of at least 4 members (excludes halogenated alkanes) is 3. The summed E-state index contributed by atoms with van der Waals surface area (Å²) < 4.78 is 37.9. The Morgan fingerprint density at radius 1 is 0.467 bits per heavy atom. The van der Waals surface area contributed by atoms with Crippen molar-refractivity contribution >= 4 is 114 Å². The van der Waals surface area contributed by atoms with Gasteiger partial charge in [0.05, 0.1) is 58.1 Å². The number of phenolic OH excluding ortho intramolecular Hbond substituents is 1. The number of ether oxygens (including phenoxy) is 4. The molecule has 0 spiro atoms. The Kier molecular flexibility index (Phi) is 41.9. The minimum atomic E-state index is -5.03. The molecule has 0 radical (unpaired) electrons. The lowest BCUT2D eigenvalue weighted by Gasteiger charge is -2.28. The molecule has 44 heteroatoms. The second-order valence-corrected chi connectivity index (χ2v) is 31.1. The van der Waals surface area contributed by atoms with Gasteiger partial charge in [-0.1, -0.05) is 67.4 Å². The van der Waals surface area contributed by atoms with Crippen molar-refractivity contribution in [2.45, 2.75) is 188 Å². The number of carbonyl (C=O) groups is 16. The highest BCUT2D eigenvalue weighted by atomic mass is 32.2. The smallest absolute Gasteiger partial charge is 0.508 e. The van der Waals surface area contributed by atoms with E-state index in [2.05, 4.69) is 79.0 Å².